The van der Waals surface area contributed by atoms with Gasteiger partial charge < -0.3 is 10.1 Å². The lowest BCUT2D eigenvalue weighted by Gasteiger charge is -2.17. The molecule has 0 saturated carbocycles. The molecule has 0 heterocycles. The van der Waals surface area contributed by atoms with Gasteiger partial charge in [0.05, 0.1) is 11.3 Å². The first kappa shape index (κ1) is 21.1. The smallest absolute Gasteiger partial charge is 0.418 e. The highest BCUT2D eigenvalue weighted by Crippen LogP contribution is 2.34. The van der Waals surface area contributed by atoms with Crippen LogP contribution in [0.2, 0.25) is 0 Å². The summed E-state index contributed by atoms with van der Waals surface area (Å²) in [5.41, 5.74) is 4.74. The van der Waals surface area contributed by atoms with Crippen LogP contribution in [0.15, 0.2) is 42.5 Å². The normalized spacial score (nSPS) is 12.1. The summed E-state index contributed by atoms with van der Waals surface area (Å²) < 4.78 is 44.3. The van der Waals surface area contributed by atoms with E-state index in [0.717, 1.165) is 23.3 Å². The summed E-state index contributed by atoms with van der Waals surface area (Å²) in [4.78, 5) is 23.8. The number of alkyl halides is 3. The molecule has 0 aromatic heterocycles. The van der Waals surface area contributed by atoms with Crippen molar-refractivity contribution in [2.45, 2.75) is 33.1 Å². The third-order valence-corrected chi connectivity index (χ3v) is 3.94. The maximum atomic E-state index is 12.9. The molecule has 2 aromatic carbocycles. The molecule has 0 fully saturated rings. The van der Waals surface area contributed by atoms with E-state index in [1.54, 1.807) is 12.1 Å². The van der Waals surface area contributed by atoms with E-state index in [1.807, 2.05) is 30.7 Å². The third-order valence-electron chi connectivity index (χ3n) is 3.94. The molecule has 28 heavy (non-hydrogen) atoms. The number of halogens is 3. The summed E-state index contributed by atoms with van der Waals surface area (Å²) in [5, 5.41) is 2.05. The molecule has 0 bridgehead atoms. The monoisotopic (exact) mass is 395 g/mol. The Morgan fingerprint density at radius 1 is 1.00 bits per heavy atom. The number of urea groups is 1. The van der Waals surface area contributed by atoms with Gasteiger partial charge in [0.15, 0.2) is 6.10 Å². The zero-order chi connectivity index (χ0) is 20.9. The van der Waals surface area contributed by atoms with Gasteiger partial charge in [-0.05, 0) is 56.2 Å². The predicted octanol–water partition coefficient (Wildman–Crippen LogP) is 3.94. The number of hydrazine groups is 1. The predicted molar refractivity (Wildman–Crippen MR) is 97.7 cm³/mol. The van der Waals surface area contributed by atoms with E-state index in [9.17, 15) is 22.8 Å². The van der Waals surface area contributed by atoms with Crippen LogP contribution < -0.4 is 20.9 Å². The van der Waals surface area contributed by atoms with Crippen molar-refractivity contribution in [1.82, 2.24) is 10.9 Å². The molecule has 150 valence electrons. The van der Waals surface area contributed by atoms with Gasteiger partial charge in [0.1, 0.15) is 5.75 Å². The van der Waals surface area contributed by atoms with Crippen LogP contribution in [0.3, 0.4) is 0 Å². The Hall–Kier alpha value is -3.23. The van der Waals surface area contributed by atoms with Crippen molar-refractivity contribution in [3.05, 3.63) is 59.2 Å². The zero-order valence-corrected chi connectivity index (χ0v) is 15.5. The van der Waals surface area contributed by atoms with Crippen LogP contribution >= 0.6 is 0 Å². The summed E-state index contributed by atoms with van der Waals surface area (Å²) in [6.07, 6.45) is -5.56. The molecular weight excluding hydrogens is 375 g/mol. The minimum Gasteiger partial charge on any atom is -0.481 e. The minimum atomic E-state index is -4.62. The Bertz CT molecular complexity index is 869. The molecule has 0 aliphatic rings. The van der Waals surface area contributed by atoms with Gasteiger partial charge in [-0.25, -0.2) is 10.2 Å². The number of aryl methyl sites for hydroxylation is 2. The highest BCUT2D eigenvalue weighted by molar-refractivity contribution is 5.92. The van der Waals surface area contributed by atoms with Crippen LogP contribution in [-0.2, 0) is 11.0 Å². The molecular formula is C19H20F3N3O3. The quantitative estimate of drug-likeness (QED) is 0.686. The van der Waals surface area contributed by atoms with Gasteiger partial charge in [-0.3, -0.25) is 10.2 Å². The molecule has 6 nitrogen and oxygen atoms in total. The molecule has 0 saturated heterocycles. The molecule has 3 amide bonds. The molecule has 2 rings (SSSR count). The van der Waals surface area contributed by atoms with Crippen LogP contribution in [0.4, 0.5) is 23.7 Å². The SMILES string of the molecule is Cc1ccc(O[C@H](C)C(=O)NNC(=O)Nc2ccccc2C(F)(F)F)cc1C. The van der Waals surface area contributed by atoms with Crippen molar-refractivity contribution in [2.75, 3.05) is 5.32 Å². The van der Waals surface area contributed by atoms with Crippen molar-refractivity contribution in [1.29, 1.82) is 0 Å². The van der Waals surface area contributed by atoms with Crippen LogP contribution in [0.5, 0.6) is 5.75 Å². The van der Waals surface area contributed by atoms with Crippen LogP contribution in [0.1, 0.15) is 23.6 Å². The number of anilines is 1. The first-order valence-corrected chi connectivity index (χ1v) is 8.35. The fraction of sp³-hybridized carbons (Fsp3) is 0.263. The van der Waals surface area contributed by atoms with Crippen LogP contribution in [0, 0.1) is 13.8 Å². The first-order chi connectivity index (χ1) is 13.1. The second kappa shape index (κ2) is 8.64. The average Bonchev–Trinajstić information content (AvgIpc) is 2.62. The van der Waals surface area contributed by atoms with Crippen molar-refractivity contribution in [2.24, 2.45) is 0 Å². The number of hydrogen-bond donors (Lipinski definition) is 3. The fourth-order valence-corrected chi connectivity index (χ4v) is 2.26. The number of rotatable bonds is 4. The Morgan fingerprint density at radius 2 is 1.68 bits per heavy atom. The number of carbonyl (C=O) groups excluding carboxylic acids is 2. The van der Waals surface area contributed by atoms with Crippen LogP contribution in [-0.4, -0.2) is 18.0 Å². The minimum absolute atomic E-state index is 0.429. The van der Waals surface area contributed by atoms with E-state index in [1.165, 1.54) is 19.1 Å². The van der Waals surface area contributed by atoms with Crippen molar-refractivity contribution in [3.8, 4) is 5.75 Å². The lowest BCUT2D eigenvalue weighted by Crippen LogP contribution is -2.48. The topological polar surface area (TPSA) is 79.5 Å². The lowest BCUT2D eigenvalue weighted by molar-refractivity contribution is -0.137. The van der Waals surface area contributed by atoms with Gasteiger partial charge in [-0.2, -0.15) is 13.2 Å². The molecule has 2 aromatic rings. The van der Waals surface area contributed by atoms with Gasteiger partial charge in [0.25, 0.3) is 5.91 Å². The summed E-state index contributed by atoms with van der Waals surface area (Å²) in [7, 11) is 0. The molecule has 0 spiro atoms. The van der Waals surface area contributed by atoms with Crippen LogP contribution in [0.25, 0.3) is 0 Å². The first-order valence-electron chi connectivity index (χ1n) is 8.35. The third kappa shape index (κ3) is 5.63. The molecule has 0 aliphatic carbocycles. The summed E-state index contributed by atoms with van der Waals surface area (Å²) >= 11 is 0. The van der Waals surface area contributed by atoms with E-state index in [0.29, 0.717) is 5.75 Å². The molecule has 3 N–H and O–H groups in total. The van der Waals surface area contributed by atoms with Crippen molar-refractivity contribution >= 4 is 17.6 Å². The van der Waals surface area contributed by atoms with E-state index in [2.05, 4.69) is 5.43 Å². The van der Waals surface area contributed by atoms with Crippen molar-refractivity contribution in [3.63, 3.8) is 0 Å². The number of amides is 3. The fourth-order valence-electron chi connectivity index (χ4n) is 2.26. The summed E-state index contributed by atoms with van der Waals surface area (Å²) in [5.74, 6) is -0.188. The lowest BCUT2D eigenvalue weighted by atomic mass is 10.1. The standard InChI is InChI=1S/C19H20F3N3O3/c1-11-8-9-14(10-12(11)2)28-13(3)17(26)24-25-18(27)23-16-7-5-4-6-15(16)19(20,21)22/h4-10,13H,1-3H3,(H,24,26)(H2,23,25,27)/t13-/m1/s1. The highest BCUT2D eigenvalue weighted by Gasteiger charge is 2.33. The number of hydrogen-bond acceptors (Lipinski definition) is 3. The molecule has 0 aliphatic heterocycles. The summed E-state index contributed by atoms with van der Waals surface area (Å²) in [6, 6.07) is 8.81. The highest BCUT2D eigenvalue weighted by atomic mass is 19.4. The van der Waals surface area contributed by atoms with Gasteiger partial charge in [0.2, 0.25) is 0 Å². The molecule has 9 heteroatoms. The molecule has 0 unspecified atom stereocenters. The van der Waals surface area contributed by atoms with E-state index in [-0.39, 0.29) is 0 Å². The maximum Gasteiger partial charge on any atom is 0.418 e. The molecule has 0 radical (unpaired) electrons. The van der Waals surface area contributed by atoms with Gasteiger partial charge >= 0.3 is 12.2 Å². The van der Waals surface area contributed by atoms with Gasteiger partial charge in [0, 0.05) is 0 Å². The zero-order valence-electron chi connectivity index (χ0n) is 15.5. The second-order valence-corrected chi connectivity index (χ2v) is 6.12. The maximum absolute atomic E-state index is 12.9. The Labute approximate surface area is 160 Å². The Balaban J connectivity index is 1.90. The van der Waals surface area contributed by atoms with Gasteiger partial charge in [-0.15, -0.1) is 0 Å². The Kier molecular flexibility index (Phi) is 6.50. The number of benzene rings is 2. The number of nitrogens with one attached hydrogen (secondary N) is 3. The average molecular weight is 395 g/mol. The number of carbonyl (C=O) groups is 2. The summed E-state index contributed by atoms with van der Waals surface area (Å²) in [6.45, 7) is 5.31. The van der Waals surface area contributed by atoms with E-state index < -0.39 is 35.5 Å². The second-order valence-electron chi connectivity index (χ2n) is 6.12. The Morgan fingerprint density at radius 3 is 2.32 bits per heavy atom. The largest absolute Gasteiger partial charge is 0.481 e. The number of para-hydroxylation sites is 1. The van der Waals surface area contributed by atoms with Crippen molar-refractivity contribution < 1.29 is 27.5 Å². The number of ether oxygens (including phenoxy) is 1. The molecule has 1 atom stereocenters. The van der Waals surface area contributed by atoms with Gasteiger partial charge in [-0.1, -0.05) is 18.2 Å². The van der Waals surface area contributed by atoms with E-state index >= 15 is 0 Å². The van der Waals surface area contributed by atoms with E-state index in [4.69, 9.17) is 4.74 Å².